The molecule has 0 radical (unpaired) electrons. The van der Waals surface area contributed by atoms with Crippen molar-refractivity contribution in [1.82, 2.24) is 19.5 Å². The summed E-state index contributed by atoms with van der Waals surface area (Å²) in [4.78, 5) is 35.3. The molecular formula is C18H21N5O5. The summed E-state index contributed by atoms with van der Waals surface area (Å²) in [5.74, 6) is 0.0796. The van der Waals surface area contributed by atoms with Gasteiger partial charge in [-0.2, -0.15) is 4.98 Å². The number of amides is 1. The molecule has 2 atom stereocenters. The van der Waals surface area contributed by atoms with Crippen LogP contribution in [-0.2, 0) is 14.3 Å². The Morgan fingerprint density at radius 1 is 1.25 bits per heavy atom. The zero-order valence-corrected chi connectivity index (χ0v) is 15.7. The van der Waals surface area contributed by atoms with Crippen LogP contribution in [0.15, 0.2) is 41.5 Å². The Bertz CT molecular complexity index is 1000. The van der Waals surface area contributed by atoms with Gasteiger partial charge in [-0.25, -0.2) is 4.98 Å². The molecule has 148 valence electrons. The number of imidazole rings is 1. The van der Waals surface area contributed by atoms with Crippen LogP contribution in [0, 0.1) is 0 Å². The number of aromatic nitrogens is 4. The van der Waals surface area contributed by atoms with Crippen molar-refractivity contribution < 1.29 is 19.0 Å². The minimum atomic E-state index is -0.547. The van der Waals surface area contributed by atoms with Crippen molar-refractivity contribution in [2.45, 2.75) is 19.3 Å². The van der Waals surface area contributed by atoms with E-state index in [0.29, 0.717) is 5.75 Å². The maximum Gasteiger partial charge on any atom is 0.280 e. The fraction of sp³-hybridized carbons (Fsp3) is 0.333. The molecule has 1 amide bonds. The zero-order valence-electron chi connectivity index (χ0n) is 15.7. The summed E-state index contributed by atoms with van der Waals surface area (Å²) in [6.07, 6.45) is 0.579. The van der Waals surface area contributed by atoms with Gasteiger partial charge in [-0.1, -0.05) is 18.2 Å². The number of para-hydroxylation sites is 1. The Hall–Kier alpha value is -3.24. The second-order valence-electron chi connectivity index (χ2n) is 5.96. The number of nitrogens with zero attached hydrogens (tertiary/aromatic N) is 3. The molecule has 3 aromatic rings. The molecule has 0 spiro atoms. The molecule has 0 aliphatic rings. The third-order valence-electron chi connectivity index (χ3n) is 4.09. The van der Waals surface area contributed by atoms with Gasteiger partial charge in [-0.05, 0) is 19.1 Å². The number of benzene rings is 1. The van der Waals surface area contributed by atoms with Crippen molar-refractivity contribution >= 4 is 23.0 Å². The number of methoxy groups -OCH3 is 2. The number of H-pyrrole nitrogens is 1. The molecular weight excluding hydrogens is 366 g/mol. The third-order valence-corrected chi connectivity index (χ3v) is 4.09. The van der Waals surface area contributed by atoms with E-state index in [9.17, 15) is 9.59 Å². The van der Waals surface area contributed by atoms with E-state index in [0.717, 1.165) is 0 Å². The molecule has 0 aliphatic carbocycles. The zero-order chi connectivity index (χ0) is 20.1. The quantitative estimate of drug-likeness (QED) is 0.598. The van der Waals surface area contributed by atoms with Crippen molar-refractivity contribution in [2.24, 2.45) is 0 Å². The standard InChI is InChI=1S/C18H21N5O5/c1-11(26-2)17(27-3)23-10-19-14-15(23)21-18(22-16(14)25)20-13(24)9-28-12-7-5-4-6-8-12/h4-8,10-11,17H,9H2,1-3H3,(H2,20,21,22,24,25)/t11?,17-/m1/s1. The molecule has 0 aliphatic heterocycles. The van der Waals surface area contributed by atoms with E-state index in [1.54, 1.807) is 35.9 Å². The highest BCUT2D eigenvalue weighted by Crippen LogP contribution is 2.20. The summed E-state index contributed by atoms with van der Waals surface area (Å²) >= 11 is 0. The number of hydrogen-bond donors (Lipinski definition) is 2. The first kappa shape index (κ1) is 19.5. The smallest absolute Gasteiger partial charge is 0.280 e. The number of fused-ring (bicyclic) bond motifs is 1. The number of anilines is 1. The molecule has 2 aromatic heterocycles. The summed E-state index contributed by atoms with van der Waals surface area (Å²) in [6.45, 7) is 1.59. The van der Waals surface area contributed by atoms with E-state index < -0.39 is 17.7 Å². The molecule has 10 heteroatoms. The lowest BCUT2D eigenvalue weighted by atomic mass is 10.3. The van der Waals surface area contributed by atoms with Crippen LogP contribution in [0.1, 0.15) is 13.2 Å². The van der Waals surface area contributed by atoms with Crippen molar-refractivity contribution in [2.75, 3.05) is 26.1 Å². The highest BCUT2D eigenvalue weighted by atomic mass is 16.5. The number of hydrogen-bond acceptors (Lipinski definition) is 7. The SMILES string of the molecule is COC(C)[C@@H](OC)n1cnc2c(=O)[nH]c(NC(=O)COc3ccccc3)nc21. The lowest BCUT2D eigenvalue weighted by Crippen LogP contribution is -2.26. The van der Waals surface area contributed by atoms with Crippen LogP contribution in [0.3, 0.4) is 0 Å². The normalized spacial score (nSPS) is 13.2. The van der Waals surface area contributed by atoms with E-state index >= 15 is 0 Å². The van der Waals surface area contributed by atoms with Gasteiger partial charge in [0.2, 0.25) is 5.95 Å². The van der Waals surface area contributed by atoms with Crippen LogP contribution in [0.5, 0.6) is 5.75 Å². The maximum absolute atomic E-state index is 12.3. The fourth-order valence-corrected chi connectivity index (χ4v) is 2.65. The predicted octanol–water partition coefficient (Wildman–Crippen LogP) is 1.32. The van der Waals surface area contributed by atoms with Gasteiger partial charge in [-0.15, -0.1) is 0 Å². The van der Waals surface area contributed by atoms with E-state index in [1.807, 2.05) is 13.0 Å². The van der Waals surface area contributed by atoms with Gasteiger partial charge in [0.15, 0.2) is 24.0 Å². The topological polar surface area (TPSA) is 120 Å². The molecule has 28 heavy (non-hydrogen) atoms. The van der Waals surface area contributed by atoms with Gasteiger partial charge in [0.25, 0.3) is 11.5 Å². The van der Waals surface area contributed by atoms with E-state index in [-0.39, 0.29) is 29.8 Å². The van der Waals surface area contributed by atoms with Crippen molar-refractivity contribution in [3.63, 3.8) is 0 Å². The summed E-state index contributed by atoms with van der Waals surface area (Å²) in [6, 6.07) is 8.92. The maximum atomic E-state index is 12.3. The number of carbonyl (C=O) groups excluding carboxylic acids is 1. The average molecular weight is 387 g/mol. The van der Waals surface area contributed by atoms with Gasteiger partial charge in [0.05, 0.1) is 12.4 Å². The number of aromatic amines is 1. The van der Waals surface area contributed by atoms with Crippen LogP contribution in [0.2, 0.25) is 0 Å². The predicted molar refractivity (Wildman–Crippen MR) is 101 cm³/mol. The molecule has 0 saturated carbocycles. The summed E-state index contributed by atoms with van der Waals surface area (Å²) in [7, 11) is 3.07. The van der Waals surface area contributed by atoms with E-state index in [4.69, 9.17) is 14.2 Å². The largest absolute Gasteiger partial charge is 0.484 e. The van der Waals surface area contributed by atoms with Crippen LogP contribution < -0.4 is 15.6 Å². The molecule has 1 unspecified atom stereocenters. The number of carbonyl (C=O) groups is 1. The van der Waals surface area contributed by atoms with E-state index in [2.05, 4.69) is 20.3 Å². The van der Waals surface area contributed by atoms with Crippen LogP contribution in [-0.4, -0.2) is 52.4 Å². The lowest BCUT2D eigenvalue weighted by Gasteiger charge is -2.22. The molecule has 0 saturated heterocycles. The highest BCUT2D eigenvalue weighted by molar-refractivity contribution is 5.90. The molecule has 2 heterocycles. The van der Waals surface area contributed by atoms with Crippen LogP contribution in [0.25, 0.3) is 11.2 Å². The lowest BCUT2D eigenvalue weighted by molar-refractivity contribution is -0.118. The molecule has 0 fully saturated rings. The summed E-state index contributed by atoms with van der Waals surface area (Å²) in [5, 5.41) is 2.52. The third kappa shape index (κ3) is 4.18. The average Bonchev–Trinajstić information content (AvgIpc) is 3.12. The minimum absolute atomic E-state index is 0.0131. The first-order valence-electron chi connectivity index (χ1n) is 8.53. The Morgan fingerprint density at radius 3 is 2.68 bits per heavy atom. The monoisotopic (exact) mass is 387 g/mol. The molecule has 0 bridgehead atoms. The van der Waals surface area contributed by atoms with Gasteiger partial charge < -0.3 is 14.2 Å². The minimum Gasteiger partial charge on any atom is -0.484 e. The van der Waals surface area contributed by atoms with E-state index in [1.165, 1.54) is 13.4 Å². The molecule has 3 rings (SSSR count). The van der Waals surface area contributed by atoms with Gasteiger partial charge >= 0.3 is 0 Å². The van der Waals surface area contributed by atoms with Crippen molar-refractivity contribution in [3.05, 3.63) is 47.0 Å². The highest BCUT2D eigenvalue weighted by Gasteiger charge is 2.22. The number of ether oxygens (including phenoxy) is 3. The molecule has 2 N–H and O–H groups in total. The fourth-order valence-electron chi connectivity index (χ4n) is 2.65. The molecule has 1 aromatic carbocycles. The Kier molecular flexibility index (Phi) is 6.02. The van der Waals surface area contributed by atoms with Crippen LogP contribution in [0.4, 0.5) is 5.95 Å². The first-order valence-corrected chi connectivity index (χ1v) is 8.53. The summed E-state index contributed by atoms with van der Waals surface area (Å²) in [5.41, 5.74) is -0.0920. The Morgan fingerprint density at radius 2 is 2.00 bits per heavy atom. The summed E-state index contributed by atoms with van der Waals surface area (Å²) < 4.78 is 17.7. The Labute approximate surface area is 160 Å². The van der Waals surface area contributed by atoms with Crippen molar-refractivity contribution in [3.8, 4) is 5.75 Å². The van der Waals surface area contributed by atoms with Crippen molar-refractivity contribution in [1.29, 1.82) is 0 Å². The first-order chi connectivity index (χ1) is 13.5. The van der Waals surface area contributed by atoms with Gasteiger partial charge in [-0.3, -0.25) is 24.5 Å². The van der Waals surface area contributed by atoms with Gasteiger partial charge in [0.1, 0.15) is 5.75 Å². The second-order valence-corrected chi connectivity index (χ2v) is 5.96. The molecule has 10 nitrogen and oxygen atoms in total. The number of rotatable bonds is 8. The second kappa shape index (κ2) is 8.63. The van der Waals surface area contributed by atoms with Crippen LogP contribution >= 0.6 is 0 Å². The Balaban J connectivity index is 1.81. The van der Waals surface area contributed by atoms with Gasteiger partial charge in [0, 0.05) is 14.2 Å². The number of nitrogens with one attached hydrogen (secondary N) is 2.